The van der Waals surface area contributed by atoms with E-state index >= 15 is 0 Å². The second-order valence-corrected chi connectivity index (χ2v) is 7.48. The second kappa shape index (κ2) is 7.40. The number of carbonyl (C=O) groups excluding carboxylic acids is 1. The van der Waals surface area contributed by atoms with Crippen molar-refractivity contribution in [3.63, 3.8) is 0 Å². The maximum absolute atomic E-state index is 12.9. The van der Waals surface area contributed by atoms with Crippen LogP contribution in [-0.4, -0.2) is 61.1 Å². The Morgan fingerprint density at radius 2 is 1.57 bits per heavy atom. The molecule has 9 nitrogen and oxygen atoms in total. The van der Waals surface area contributed by atoms with Gasteiger partial charge in [0, 0.05) is 28.2 Å². The lowest BCUT2D eigenvalue weighted by Gasteiger charge is -2.23. The van der Waals surface area contributed by atoms with Crippen molar-refractivity contribution >= 4 is 58.6 Å². The van der Waals surface area contributed by atoms with Gasteiger partial charge < -0.3 is 9.80 Å². The van der Waals surface area contributed by atoms with E-state index in [2.05, 4.69) is 15.0 Å². The van der Waals surface area contributed by atoms with Gasteiger partial charge in [-0.2, -0.15) is 15.0 Å². The third-order valence-corrected chi connectivity index (χ3v) is 4.92. The van der Waals surface area contributed by atoms with Gasteiger partial charge in [-0.15, -0.1) is 0 Å². The van der Waals surface area contributed by atoms with Crippen molar-refractivity contribution in [2.45, 2.75) is 13.0 Å². The van der Waals surface area contributed by atoms with E-state index in [1.807, 2.05) is 28.2 Å². The minimum atomic E-state index is -0.672. The number of halogens is 2. The van der Waals surface area contributed by atoms with Crippen molar-refractivity contribution in [3.8, 4) is 0 Å². The highest BCUT2D eigenvalue weighted by molar-refractivity contribution is 6.42. The minimum Gasteiger partial charge on any atom is -0.347 e. The highest BCUT2D eigenvalue weighted by atomic mass is 35.5. The molecule has 1 amide bonds. The molecule has 11 heteroatoms. The third kappa shape index (κ3) is 3.43. The molecular weight excluding hydrogens is 403 g/mol. The number of nitrogens with one attached hydrogen (secondary N) is 1. The number of rotatable bonds is 4. The monoisotopic (exact) mass is 422 g/mol. The minimum absolute atomic E-state index is 0.0727. The van der Waals surface area contributed by atoms with E-state index in [9.17, 15) is 4.79 Å². The maximum atomic E-state index is 12.9. The number of carbonyl (C=O) groups is 1. The summed E-state index contributed by atoms with van der Waals surface area (Å²) in [5, 5.41) is 9.28. The Hall–Kier alpha value is -2.65. The number of benzene rings is 1. The zero-order chi connectivity index (χ0) is 20.7. The molecule has 0 aliphatic carbocycles. The van der Waals surface area contributed by atoms with Crippen LogP contribution in [0.2, 0.25) is 10.0 Å². The van der Waals surface area contributed by atoms with Crippen LogP contribution in [0.15, 0.2) is 18.2 Å². The van der Waals surface area contributed by atoms with E-state index in [4.69, 9.17) is 28.6 Å². The number of aromatic nitrogens is 3. The maximum Gasteiger partial charge on any atom is 0.256 e. The van der Waals surface area contributed by atoms with Gasteiger partial charge in [0.2, 0.25) is 23.8 Å². The van der Waals surface area contributed by atoms with E-state index in [0.29, 0.717) is 27.6 Å². The molecule has 0 bridgehead atoms. The Balaban J connectivity index is 2.07. The lowest BCUT2D eigenvalue weighted by atomic mass is 10.2. The number of anilines is 4. The van der Waals surface area contributed by atoms with E-state index in [-0.39, 0.29) is 17.8 Å². The Morgan fingerprint density at radius 1 is 1.00 bits per heavy atom. The van der Waals surface area contributed by atoms with Crippen LogP contribution < -0.4 is 19.6 Å². The molecule has 1 aromatic heterocycles. The molecule has 148 valence electrons. The molecule has 3 rings (SSSR count). The summed E-state index contributed by atoms with van der Waals surface area (Å²) in [6.45, 7) is 1.70. The molecule has 1 N–H and O–H groups in total. The average molecular weight is 423 g/mol. The molecule has 28 heavy (non-hydrogen) atoms. The van der Waals surface area contributed by atoms with Crippen molar-refractivity contribution in [2.24, 2.45) is 0 Å². The number of hydrogen-bond donors (Lipinski definition) is 1. The summed E-state index contributed by atoms with van der Waals surface area (Å²) in [5.41, 5.74) is 0.452. The molecule has 1 aromatic carbocycles. The summed E-state index contributed by atoms with van der Waals surface area (Å²) in [4.78, 5) is 32.3. The number of guanidine groups is 1. The number of nitrogens with zero attached hydrogens (tertiary/aromatic N) is 7. The summed E-state index contributed by atoms with van der Waals surface area (Å²) >= 11 is 12.1. The van der Waals surface area contributed by atoms with Gasteiger partial charge in [0.05, 0.1) is 15.7 Å². The highest BCUT2D eigenvalue weighted by Crippen LogP contribution is 2.32. The van der Waals surface area contributed by atoms with Crippen LogP contribution in [0.1, 0.15) is 6.92 Å². The van der Waals surface area contributed by atoms with Crippen LogP contribution in [0.5, 0.6) is 0 Å². The SMILES string of the molecule is CC1C(=O)N(c2ccc(Cl)c(Cl)c2)C(=N)N1c1nc(N(C)C)nc(N(C)C)n1. The van der Waals surface area contributed by atoms with Crippen molar-refractivity contribution < 1.29 is 4.79 Å². The molecule has 0 radical (unpaired) electrons. The van der Waals surface area contributed by atoms with Crippen LogP contribution in [-0.2, 0) is 4.79 Å². The Kier molecular flexibility index (Phi) is 5.31. The predicted molar refractivity (Wildman–Crippen MR) is 112 cm³/mol. The fourth-order valence-electron chi connectivity index (χ4n) is 2.69. The van der Waals surface area contributed by atoms with Crippen molar-refractivity contribution in [3.05, 3.63) is 28.2 Å². The second-order valence-electron chi connectivity index (χ2n) is 6.67. The summed E-state index contributed by atoms with van der Waals surface area (Å²) in [5.74, 6) is 0.706. The molecule has 1 aliphatic rings. The van der Waals surface area contributed by atoms with Crippen LogP contribution >= 0.6 is 23.2 Å². The Bertz CT molecular complexity index is 922. The third-order valence-electron chi connectivity index (χ3n) is 4.18. The topological polar surface area (TPSA) is 92.6 Å². The van der Waals surface area contributed by atoms with Crippen LogP contribution in [0.3, 0.4) is 0 Å². The molecule has 0 saturated carbocycles. The number of hydrogen-bond acceptors (Lipinski definition) is 7. The number of amides is 1. The predicted octanol–water partition coefficient (Wildman–Crippen LogP) is 2.49. The zero-order valence-corrected chi connectivity index (χ0v) is 17.6. The zero-order valence-electron chi connectivity index (χ0n) is 16.1. The van der Waals surface area contributed by atoms with Gasteiger partial charge in [0.25, 0.3) is 5.91 Å². The Labute approximate surface area is 173 Å². The Morgan fingerprint density at radius 3 is 2.07 bits per heavy atom. The first-order valence-corrected chi connectivity index (χ1v) is 9.15. The molecule has 1 unspecified atom stereocenters. The molecule has 1 fully saturated rings. The summed E-state index contributed by atoms with van der Waals surface area (Å²) in [6, 6.07) is 4.11. The standard InChI is InChI=1S/C17H20Cl2N8O/c1-9-13(28)27(10-6-7-11(18)12(19)8-10)14(20)26(9)17-22-15(24(2)3)21-16(23-17)25(4)5/h6-9,20H,1-5H3. The normalized spacial score (nSPS) is 16.8. The van der Waals surface area contributed by atoms with Crippen LogP contribution in [0, 0.1) is 5.41 Å². The first-order chi connectivity index (χ1) is 13.1. The molecule has 1 atom stereocenters. The van der Waals surface area contributed by atoms with E-state index in [1.165, 1.54) is 9.80 Å². The molecule has 2 heterocycles. The van der Waals surface area contributed by atoms with Crippen LogP contribution in [0.4, 0.5) is 23.5 Å². The summed E-state index contributed by atoms with van der Waals surface area (Å²) in [7, 11) is 7.24. The molecular formula is C17H20Cl2N8O. The quantitative estimate of drug-likeness (QED) is 0.808. The first-order valence-electron chi connectivity index (χ1n) is 8.39. The van der Waals surface area contributed by atoms with Crippen molar-refractivity contribution in [1.29, 1.82) is 5.41 Å². The summed E-state index contributed by atoms with van der Waals surface area (Å²) < 4.78 is 0. The largest absolute Gasteiger partial charge is 0.347 e. The molecule has 1 saturated heterocycles. The van der Waals surface area contributed by atoms with Crippen molar-refractivity contribution in [1.82, 2.24) is 15.0 Å². The van der Waals surface area contributed by atoms with Gasteiger partial charge in [0.1, 0.15) is 6.04 Å². The summed E-state index contributed by atoms with van der Waals surface area (Å²) in [6.07, 6.45) is 0. The molecule has 2 aromatic rings. The molecule has 1 aliphatic heterocycles. The van der Waals surface area contributed by atoms with E-state index < -0.39 is 6.04 Å². The highest BCUT2D eigenvalue weighted by Gasteiger charge is 2.43. The van der Waals surface area contributed by atoms with Crippen LogP contribution in [0.25, 0.3) is 0 Å². The molecule has 0 spiro atoms. The lowest BCUT2D eigenvalue weighted by molar-refractivity contribution is -0.117. The van der Waals surface area contributed by atoms with Crippen molar-refractivity contribution in [2.75, 3.05) is 47.8 Å². The van der Waals surface area contributed by atoms with Gasteiger partial charge in [-0.05, 0) is 25.1 Å². The van der Waals surface area contributed by atoms with Gasteiger partial charge in [-0.25, -0.2) is 4.90 Å². The van der Waals surface area contributed by atoms with Gasteiger partial charge in [0.15, 0.2) is 0 Å². The van der Waals surface area contributed by atoms with E-state index in [1.54, 1.807) is 34.9 Å². The average Bonchev–Trinajstić information content (AvgIpc) is 2.86. The van der Waals surface area contributed by atoms with Gasteiger partial charge >= 0.3 is 0 Å². The lowest BCUT2D eigenvalue weighted by Crippen LogP contribution is -2.36. The van der Waals surface area contributed by atoms with Gasteiger partial charge in [-0.3, -0.25) is 15.1 Å². The fourth-order valence-corrected chi connectivity index (χ4v) is 2.98. The smallest absolute Gasteiger partial charge is 0.256 e. The van der Waals surface area contributed by atoms with Gasteiger partial charge in [-0.1, -0.05) is 23.2 Å². The first kappa shape index (κ1) is 20.1. The van der Waals surface area contributed by atoms with E-state index in [0.717, 1.165) is 0 Å². The fraction of sp³-hybridized carbons (Fsp3) is 0.353.